The molecule has 1 aliphatic heterocycles. The van der Waals surface area contributed by atoms with E-state index in [0.29, 0.717) is 24.4 Å². The fraction of sp³-hybridized carbons (Fsp3) is 0.471. The van der Waals surface area contributed by atoms with Crippen LogP contribution in [0.15, 0.2) is 22.2 Å². The SMILES string of the molecule is CCS(=O)(=O)c1c(-c2nc3cc(SC(F)(F)F)cnc3n2C)nc2n1CCCC2. The first kappa shape index (κ1) is 20.2. The van der Waals surface area contributed by atoms with E-state index >= 15 is 0 Å². The van der Waals surface area contributed by atoms with Crippen LogP contribution in [0, 0.1) is 0 Å². The monoisotopic (exact) mass is 445 g/mol. The normalized spacial score (nSPS) is 15.1. The van der Waals surface area contributed by atoms with E-state index in [1.165, 1.54) is 6.07 Å². The number of aromatic nitrogens is 5. The van der Waals surface area contributed by atoms with Crippen LogP contribution >= 0.6 is 11.8 Å². The van der Waals surface area contributed by atoms with Gasteiger partial charge in [0.25, 0.3) is 0 Å². The molecule has 0 fully saturated rings. The van der Waals surface area contributed by atoms with E-state index in [9.17, 15) is 21.6 Å². The van der Waals surface area contributed by atoms with E-state index in [4.69, 9.17) is 0 Å². The largest absolute Gasteiger partial charge is 0.446 e. The van der Waals surface area contributed by atoms with E-state index in [1.807, 2.05) is 0 Å². The molecule has 156 valence electrons. The zero-order valence-electron chi connectivity index (χ0n) is 15.7. The number of hydrogen-bond donors (Lipinski definition) is 0. The van der Waals surface area contributed by atoms with Crippen LogP contribution in [0.2, 0.25) is 0 Å². The lowest BCUT2D eigenvalue weighted by molar-refractivity contribution is -0.0328. The summed E-state index contributed by atoms with van der Waals surface area (Å²) in [5.41, 5.74) is -3.59. The molecule has 0 saturated heterocycles. The zero-order chi connectivity index (χ0) is 21.0. The molecule has 3 aromatic rings. The van der Waals surface area contributed by atoms with E-state index in [0.717, 1.165) is 19.0 Å². The number of fused-ring (bicyclic) bond motifs is 2. The van der Waals surface area contributed by atoms with Gasteiger partial charge in [-0.3, -0.25) is 0 Å². The lowest BCUT2D eigenvalue weighted by Gasteiger charge is -2.16. The van der Waals surface area contributed by atoms with Crippen molar-refractivity contribution in [2.24, 2.45) is 7.05 Å². The Morgan fingerprint density at radius 3 is 2.69 bits per heavy atom. The van der Waals surface area contributed by atoms with Crippen molar-refractivity contribution in [3.63, 3.8) is 0 Å². The summed E-state index contributed by atoms with van der Waals surface area (Å²) in [7, 11) is -1.94. The van der Waals surface area contributed by atoms with Crippen LogP contribution in [0.3, 0.4) is 0 Å². The van der Waals surface area contributed by atoms with E-state index < -0.39 is 15.3 Å². The van der Waals surface area contributed by atoms with Gasteiger partial charge < -0.3 is 9.13 Å². The van der Waals surface area contributed by atoms with Crippen molar-refractivity contribution in [2.75, 3.05) is 5.75 Å². The average molecular weight is 445 g/mol. The van der Waals surface area contributed by atoms with Gasteiger partial charge in [0.05, 0.1) is 5.75 Å². The minimum absolute atomic E-state index is 0.0832. The number of rotatable bonds is 4. The first-order valence-electron chi connectivity index (χ1n) is 9.01. The molecule has 0 bridgehead atoms. The number of alkyl halides is 3. The number of halogens is 3. The lowest BCUT2D eigenvalue weighted by Crippen LogP contribution is -2.17. The number of pyridine rings is 1. The van der Waals surface area contributed by atoms with Gasteiger partial charge in [0.1, 0.15) is 17.0 Å². The van der Waals surface area contributed by atoms with Crippen molar-refractivity contribution in [1.82, 2.24) is 24.1 Å². The topological polar surface area (TPSA) is 82.7 Å². The predicted octanol–water partition coefficient (Wildman–Crippen LogP) is 3.57. The van der Waals surface area contributed by atoms with Crippen LogP contribution < -0.4 is 0 Å². The van der Waals surface area contributed by atoms with E-state index in [-0.39, 0.29) is 44.5 Å². The van der Waals surface area contributed by atoms with Crippen LogP contribution in [-0.2, 0) is 29.9 Å². The molecule has 1 aliphatic rings. The van der Waals surface area contributed by atoms with Crippen LogP contribution in [0.1, 0.15) is 25.6 Å². The Morgan fingerprint density at radius 1 is 1.24 bits per heavy atom. The molecular weight excluding hydrogens is 427 g/mol. The number of hydrogen-bond acceptors (Lipinski definition) is 6. The van der Waals surface area contributed by atoms with Gasteiger partial charge in [-0.25, -0.2) is 23.4 Å². The number of nitrogens with zero attached hydrogens (tertiary/aromatic N) is 5. The summed E-state index contributed by atoms with van der Waals surface area (Å²) in [6.07, 6.45) is 3.58. The molecule has 4 rings (SSSR count). The molecule has 0 saturated carbocycles. The Bertz CT molecular complexity index is 1200. The summed E-state index contributed by atoms with van der Waals surface area (Å²) in [6.45, 7) is 2.13. The molecule has 0 aliphatic carbocycles. The molecule has 0 spiro atoms. The molecule has 29 heavy (non-hydrogen) atoms. The van der Waals surface area contributed by atoms with Gasteiger partial charge in [0.15, 0.2) is 26.3 Å². The van der Waals surface area contributed by atoms with Gasteiger partial charge in [0.2, 0.25) is 0 Å². The first-order chi connectivity index (χ1) is 13.6. The quantitative estimate of drug-likeness (QED) is 0.571. The molecule has 0 atom stereocenters. The highest BCUT2D eigenvalue weighted by Gasteiger charge is 2.32. The third kappa shape index (κ3) is 3.63. The molecule has 0 N–H and O–H groups in total. The van der Waals surface area contributed by atoms with Gasteiger partial charge in [-0.15, -0.1) is 0 Å². The van der Waals surface area contributed by atoms with Crippen molar-refractivity contribution in [1.29, 1.82) is 0 Å². The highest BCUT2D eigenvalue weighted by Crippen LogP contribution is 2.38. The summed E-state index contributed by atoms with van der Waals surface area (Å²) < 4.78 is 67.0. The van der Waals surface area contributed by atoms with Crippen molar-refractivity contribution in [3.8, 4) is 11.5 Å². The predicted molar refractivity (Wildman–Crippen MR) is 102 cm³/mol. The maximum absolute atomic E-state index is 12.8. The van der Waals surface area contributed by atoms with Crippen LogP contribution in [0.25, 0.3) is 22.7 Å². The number of sulfone groups is 1. The average Bonchev–Trinajstić information content (AvgIpc) is 3.18. The van der Waals surface area contributed by atoms with E-state index in [2.05, 4.69) is 15.0 Å². The molecular formula is C17H18F3N5O2S2. The van der Waals surface area contributed by atoms with Crippen LogP contribution in [0.5, 0.6) is 0 Å². The minimum atomic E-state index is -4.43. The maximum Gasteiger partial charge on any atom is 0.446 e. The van der Waals surface area contributed by atoms with Crippen molar-refractivity contribution >= 4 is 32.8 Å². The second kappa shape index (κ2) is 7.01. The fourth-order valence-corrected chi connectivity index (χ4v) is 5.29. The van der Waals surface area contributed by atoms with Gasteiger partial charge in [-0.05, 0) is 30.7 Å². The summed E-state index contributed by atoms with van der Waals surface area (Å²) in [5, 5.41) is 0.123. The second-order valence-electron chi connectivity index (χ2n) is 6.75. The Balaban J connectivity index is 1.91. The molecule has 0 amide bonds. The second-order valence-corrected chi connectivity index (χ2v) is 10.1. The van der Waals surface area contributed by atoms with E-state index in [1.54, 1.807) is 23.1 Å². The van der Waals surface area contributed by atoms with Gasteiger partial charge in [0, 0.05) is 31.1 Å². The molecule has 0 aromatic carbocycles. The third-order valence-corrected chi connectivity index (χ3v) is 7.29. The molecule has 0 radical (unpaired) electrons. The number of imidazole rings is 2. The number of thioether (sulfide) groups is 1. The highest BCUT2D eigenvalue weighted by molar-refractivity contribution is 8.00. The van der Waals surface area contributed by atoms with Gasteiger partial charge >= 0.3 is 5.51 Å². The maximum atomic E-state index is 12.8. The molecule has 12 heteroatoms. The summed E-state index contributed by atoms with van der Waals surface area (Å²) in [6, 6.07) is 1.30. The fourth-order valence-electron chi connectivity index (χ4n) is 3.51. The summed E-state index contributed by atoms with van der Waals surface area (Å²) in [5.74, 6) is 0.877. The van der Waals surface area contributed by atoms with Crippen molar-refractivity contribution < 1.29 is 21.6 Å². The Kier molecular flexibility index (Phi) is 4.88. The standard InChI is InChI=1S/C17H18F3N5O2S2/c1-3-29(26,27)16-13(23-12-6-4-5-7-25(12)16)15-22-11-8-10(28-17(18,19)20)9-21-14(11)24(15)2/h8-9H,3-7H2,1-2H3. The Hall–Kier alpha value is -2.08. The molecule has 7 nitrogen and oxygen atoms in total. The Labute approximate surface area is 169 Å². The summed E-state index contributed by atoms with van der Waals surface area (Å²) in [4.78, 5) is 13.0. The summed E-state index contributed by atoms with van der Waals surface area (Å²) >= 11 is -0.268. The van der Waals surface area contributed by atoms with Gasteiger partial charge in [-0.2, -0.15) is 13.2 Å². The lowest BCUT2D eigenvalue weighted by atomic mass is 10.2. The Morgan fingerprint density at radius 2 is 2.00 bits per heavy atom. The minimum Gasteiger partial charge on any atom is -0.318 e. The first-order valence-corrected chi connectivity index (χ1v) is 11.5. The molecule has 0 unspecified atom stereocenters. The van der Waals surface area contributed by atoms with Crippen molar-refractivity contribution in [2.45, 2.75) is 48.2 Å². The highest BCUT2D eigenvalue weighted by atomic mass is 32.2. The molecule has 3 aromatic heterocycles. The van der Waals surface area contributed by atoms with Crippen LogP contribution in [-0.4, -0.2) is 43.8 Å². The van der Waals surface area contributed by atoms with Crippen molar-refractivity contribution in [3.05, 3.63) is 18.1 Å². The third-order valence-electron chi connectivity index (χ3n) is 4.84. The smallest absolute Gasteiger partial charge is 0.318 e. The molecule has 4 heterocycles. The number of aryl methyl sites for hydroxylation is 2. The zero-order valence-corrected chi connectivity index (χ0v) is 17.3. The van der Waals surface area contributed by atoms with Crippen LogP contribution in [0.4, 0.5) is 13.2 Å². The van der Waals surface area contributed by atoms with Gasteiger partial charge in [-0.1, -0.05) is 6.92 Å².